The molecule has 3 rings (SSSR count). The van der Waals surface area contributed by atoms with E-state index < -0.39 is 0 Å². The van der Waals surface area contributed by atoms with Crippen LogP contribution < -0.4 is 5.32 Å². The summed E-state index contributed by atoms with van der Waals surface area (Å²) in [7, 11) is 3.84. The van der Waals surface area contributed by atoms with Crippen LogP contribution >= 0.6 is 11.6 Å². The summed E-state index contributed by atoms with van der Waals surface area (Å²) in [5.74, 6) is 3.53. The zero-order valence-corrected chi connectivity index (χ0v) is 15.8. The molecule has 0 saturated heterocycles. The Morgan fingerprint density at radius 3 is 2.96 bits per heavy atom. The minimum atomic E-state index is 0.549. The monoisotopic (exact) mass is 360 g/mol. The maximum atomic E-state index is 6.27. The van der Waals surface area contributed by atoms with Gasteiger partial charge in [0, 0.05) is 45.2 Å². The van der Waals surface area contributed by atoms with E-state index in [1.54, 1.807) is 0 Å². The number of aryl methyl sites for hydroxylation is 2. The third-order valence-corrected chi connectivity index (χ3v) is 5.09. The van der Waals surface area contributed by atoms with Gasteiger partial charge >= 0.3 is 0 Å². The molecule has 1 aliphatic heterocycles. The third-order valence-electron chi connectivity index (χ3n) is 4.72. The van der Waals surface area contributed by atoms with Gasteiger partial charge < -0.3 is 14.8 Å². The quantitative estimate of drug-likeness (QED) is 0.672. The number of aliphatic imine (C=N–C) groups is 1. The van der Waals surface area contributed by atoms with E-state index in [1.807, 2.05) is 45.3 Å². The second-order valence-electron chi connectivity index (χ2n) is 6.55. The van der Waals surface area contributed by atoms with Gasteiger partial charge in [0.2, 0.25) is 0 Å². The molecule has 7 heteroatoms. The van der Waals surface area contributed by atoms with Gasteiger partial charge in [-0.15, -0.1) is 10.2 Å². The Hall–Kier alpha value is -2.08. The zero-order chi connectivity index (χ0) is 17.8. The molecule has 1 N–H and O–H groups in total. The van der Waals surface area contributed by atoms with Gasteiger partial charge in [0.05, 0.1) is 0 Å². The summed E-state index contributed by atoms with van der Waals surface area (Å²) >= 11 is 6.27. The average molecular weight is 361 g/mol. The molecule has 1 atom stereocenters. The van der Waals surface area contributed by atoms with Crippen molar-refractivity contribution in [1.29, 1.82) is 0 Å². The minimum Gasteiger partial charge on any atom is -0.356 e. The van der Waals surface area contributed by atoms with Crippen LogP contribution in [0.25, 0.3) is 0 Å². The van der Waals surface area contributed by atoms with Gasteiger partial charge in [0.25, 0.3) is 0 Å². The molecule has 0 radical (unpaired) electrons. The fourth-order valence-corrected chi connectivity index (χ4v) is 3.47. The Morgan fingerprint density at radius 1 is 1.40 bits per heavy atom. The lowest BCUT2D eigenvalue weighted by Crippen LogP contribution is -2.42. The Kier molecular flexibility index (Phi) is 5.58. The van der Waals surface area contributed by atoms with E-state index in [-0.39, 0.29) is 0 Å². The van der Waals surface area contributed by atoms with Crippen LogP contribution in [0, 0.1) is 12.8 Å². The molecule has 1 unspecified atom stereocenters. The number of halogens is 1. The lowest BCUT2D eigenvalue weighted by atomic mass is 9.99. The number of rotatable bonds is 4. The number of hydrogen-bond donors (Lipinski definition) is 1. The third kappa shape index (κ3) is 4.12. The van der Waals surface area contributed by atoms with Crippen LogP contribution in [0.4, 0.5) is 0 Å². The summed E-state index contributed by atoms with van der Waals surface area (Å²) in [5, 5.41) is 12.7. The highest BCUT2D eigenvalue weighted by atomic mass is 35.5. The molecule has 0 amide bonds. The lowest BCUT2D eigenvalue weighted by molar-refractivity contribution is 0.352. The zero-order valence-electron chi connectivity index (χ0n) is 15.0. The summed E-state index contributed by atoms with van der Waals surface area (Å²) in [6.07, 6.45) is 2.11. The predicted octanol–water partition coefficient (Wildman–Crippen LogP) is 2.51. The first-order valence-electron chi connectivity index (χ1n) is 8.62. The Balaban J connectivity index is 1.56. The Morgan fingerprint density at radius 2 is 2.20 bits per heavy atom. The van der Waals surface area contributed by atoms with Gasteiger partial charge in [-0.25, -0.2) is 0 Å². The molecular formula is C18H25ClN6. The van der Waals surface area contributed by atoms with Crippen molar-refractivity contribution >= 4 is 17.6 Å². The van der Waals surface area contributed by atoms with E-state index in [9.17, 15) is 0 Å². The van der Waals surface area contributed by atoms with E-state index in [4.69, 9.17) is 11.6 Å². The first kappa shape index (κ1) is 17.7. The first-order chi connectivity index (χ1) is 12.1. The standard InChI is InChI=1S/C18H25ClN6/c1-13-22-23-17-9-8-14(11-25(13)17)10-21-18(20-2)24(3)12-15-6-4-5-7-16(15)19/h4-7,14H,8-12H2,1-3H3,(H,20,21). The van der Waals surface area contributed by atoms with E-state index >= 15 is 0 Å². The van der Waals surface area contributed by atoms with Crippen LogP contribution in [-0.4, -0.2) is 46.3 Å². The molecule has 6 nitrogen and oxygen atoms in total. The molecule has 0 aliphatic carbocycles. The van der Waals surface area contributed by atoms with E-state index in [0.29, 0.717) is 5.92 Å². The smallest absolute Gasteiger partial charge is 0.193 e. The molecular weight excluding hydrogens is 336 g/mol. The van der Waals surface area contributed by atoms with Gasteiger partial charge in [-0.05, 0) is 30.9 Å². The molecule has 134 valence electrons. The number of hydrogen-bond acceptors (Lipinski definition) is 3. The summed E-state index contributed by atoms with van der Waals surface area (Å²) in [4.78, 5) is 6.50. The van der Waals surface area contributed by atoms with Gasteiger partial charge in [-0.1, -0.05) is 29.8 Å². The normalized spacial score (nSPS) is 17.3. The number of benzene rings is 1. The number of aromatic nitrogens is 3. The molecule has 1 aromatic carbocycles. The van der Waals surface area contributed by atoms with E-state index in [0.717, 1.165) is 60.7 Å². The second kappa shape index (κ2) is 7.87. The first-order valence-corrected chi connectivity index (χ1v) is 9.00. The number of nitrogens with one attached hydrogen (secondary N) is 1. The van der Waals surface area contributed by atoms with Crippen molar-refractivity contribution in [3.8, 4) is 0 Å². The van der Waals surface area contributed by atoms with Crippen LogP contribution in [0.15, 0.2) is 29.3 Å². The molecule has 1 aromatic heterocycles. The van der Waals surface area contributed by atoms with Crippen molar-refractivity contribution in [2.45, 2.75) is 32.9 Å². The number of guanidine groups is 1. The molecule has 1 aliphatic rings. The second-order valence-corrected chi connectivity index (χ2v) is 6.96. The van der Waals surface area contributed by atoms with Crippen molar-refractivity contribution in [1.82, 2.24) is 25.0 Å². The summed E-state index contributed by atoms with van der Waals surface area (Å²) in [6, 6.07) is 7.92. The largest absolute Gasteiger partial charge is 0.356 e. The van der Waals surface area contributed by atoms with Crippen molar-refractivity contribution in [2.24, 2.45) is 10.9 Å². The maximum absolute atomic E-state index is 6.27. The van der Waals surface area contributed by atoms with Crippen molar-refractivity contribution in [3.63, 3.8) is 0 Å². The van der Waals surface area contributed by atoms with E-state index in [2.05, 4.69) is 30.0 Å². The summed E-state index contributed by atoms with van der Waals surface area (Å²) < 4.78 is 2.23. The van der Waals surface area contributed by atoms with Gasteiger partial charge in [-0.3, -0.25) is 4.99 Å². The van der Waals surface area contributed by atoms with Crippen molar-refractivity contribution in [3.05, 3.63) is 46.5 Å². The molecule has 0 fully saturated rings. The van der Waals surface area contributed by atoms with Crippen LogP contribution in [0.2, 0.25) is 5.02 Å². The van der Waals surface area contributed by atoms with Gasteiger partial charge in [0.15, 0.2) is 5.96 Å². The molecule has 0 saturated carbocycles. The highest BCUT2D eigenvalue weighted by Gasteiger charge is 2.22. The van der Waals surface area contributed by atoms with E-state index in [1.165, 1.54) is 0 Å². The number of nitrogens with zero attached hydrogens (tertiary/aromatic N) is 5. The summed E-state index contributed by atoms with van der Waals surface area (Å²) in [5.41, 5.74) is 1.09. The van der Waals surface area contributed by atoms with Gasteiger partial charge in [-0.2, -0.15) is 0 Å². The minimum absolute atomic E-state index is 0.549. The van der Waals surface area contributed by atoms with Gasteiger partial charge in [0.1, 0.15) is 11.6 Å². The number of fused-ring (bicyclic) bond motifs is 1. The molecule has 2 aromatic rings. The Labute approximate surface area is 153 Å². The molecule has 0 spiro atoms. The summed E-state index contributed by atoms with van der Waals surface area (Å²) in [6.45, 7) is 4.59. The van der Waals surface area contributed by atoms with Crippen molar-refractivity contribution in [2.75, 3.05) is 20.6 Å². The van der Waals surface area contributed by atoms with Crippen LogP contribution in [0.3, 0.4) is 0 Å². The highest BCUT2D eigenvalue weighted by molar-refractivity contribution is 6.31. The van der Waals surface area contributed by atoms with Crippen LogP contribution in [0.5, 0.6) is 0 Å². The fraction of sp³-hybridized carbons (Fsp3) is 0.500. The van der Waals surface area contributed by atoms with Crippen LogP contribution in [-0.2, 0) is 19.5 Å². The molecule has 25 heavy (non-hydrogen) atoms. The predicted molar refractivity (Wildman–Crippen MR) is 101 cm³/mol. The van der Waals surface area contributed by atoms with Crippen LogP contribution in [0.1, 0.15) is 23.6 Å². The van der Waals surface area contributed by atoms with Crippen molar-refractivity contribution < 1.29 is 0 Å². The fourth-order valence-electron chi connectivity index (χ4n) is 3.27. The maximum Gasteiger partial charge on any atom is 0.193 e. The SMILES string of the molecule is CN=C(NCC1CCc2nnc(C)n2C1)N(C)Cc1ccccc1Cl. The molecule has 2 heterocycles. The average Bonchev–Trinajstić information content (AvgIpc) is 2.98. The highest BCUT2D eigenvalue weighted by Crippen LogP contribution is 2.19. The topological polar surface area (TPSA) is 58.3 Å². The Bertz CT molecular complexity index is 754. The lowest BCUT2D eigenvalue weighted by Gasteiger charge is -2.27. The molecule has 0 bridgehead atoms.